The molecule has 0 radical (unpaired) electrons. The topological polar surface area (TPSA) is 39.4 Å². The van der Waals surface area contributed by atoms with Crippen LogP contribution in [-0.4, -0.2) is 0 Å². The van der Waals surface area contributed by atoms with Crippen molar-refractivity contribution < 1.29 is 9.15 Å². The lowest BCUT2D eigenvalue weighted by Crippen LogP contribution is -2.34. The first kappa shape index (κ1) is 11.8. The van der Waals surface area contributed by atoms with Crippen molar-refractivity contribution in [1.29, 1.82) is 0 Å². The van der Waals surface area contributed by atoms with Crippen LogP contribution in [0.4, 0.5) is 0 Å². The van der Waals surface area contributed by atoms with Crippen molar-refractivity contribution in [3.05, 3.63) is 52.6 Å². The SMILES string of the molecule is O=c1oc2ccccc2c2c1C1(C=CO2)CCCCC1. The highest BCUT2D eigenvalue weighted by Gasteiger charge is 2.40. The van der Waals surface area contributed by atoms with Gasteiger partial charge >= 0.3 is 5.63 Å². The van der Waals surface area contributed by atoms with Gasteiger partial charge in [-0.25, -0.2) is 4.79 Å². The summed E-state index contributed by atoms with van der Waals surface area (Å²) in [5.41, 5.74) is 0.886. The Balaban J connectivity index is 2.04. The highest BCUT2D eigenvalue weighted by Crippen LogP contribution is 2.46. The van der Waals surface area contributed by atoms with E-state index >= 15 is 0 Å². The fourth-order valence-electron chi connectivity index (χ4n) is 3.59. The average Bonchev–Trinajstić information content (AvgIpc) is 2.48. The Kier molecular flexibility index (Phi) is 2.49. The minimum absolute atomic E-state index is 0.184. The van der Waals surface area contributed by atoms with Gasteiger partial charge in [-0.1, -0.05) is 31.4 Å². The predicted molar refractivity (Wildman–Crippen MR) is 77.0 cm³/mol. The summed E-state index contributed by atoms with van der Waals surface area (Å²) in [7, 11) is 0. The van der Waals surface area contributed by atoms with Gasteiger partial charge < -0.3 is 9.15 Å². The maximum Gasteiger partial charge on any atom is 0.344 e. The second kappa shape index (κ2) is 4.23. The van der Waals surface area contributed by atoms with Crippen molar-refractivity contribution in [2.45, 2.75) is 37.5 Å². The second-order valence-electron chi connectivity index (χ2n) is 5.73. The average molecular weight is 268 g/mol. The summed E-state index contributed by atoms with van der Waals surface area (Å²) in [6.45, 7) is 0. The maximum atomic E-state index is 12.5. The molecule has 1 spiro atoms. The van der Waals surface area contributed by atoms with Gasteiger partial charge in [0.2, 0.25) is 0 Å². The molecule has 1 aromatic carbocycles. The number of benzene rings is 1. The lowest BCUT2D eigenvalue weighted by molar-refractivity contribution is 0.310. The van der Waals surface area contributed by atoms with Gasteiger partial charge in [-0.3, -0.25) is 0 Å². The Hall–Kier alpha value is -2.03. The van der Waals surface area contributed by atoms with Crippen molar-refractivity contribution in [1.82, 2.24) is 0 Å². The van der Waals surface area contributed by atoms with Crippen LogP contribution in [-0.2, 0) is 5.41 Å². The Morgan fingerprint density at radius 3 is 2.70 bits per heavy atom. The third-order valence-electron chi connectivity index (χ3n) is 4.58. The first-order valence-corrected chi connectivity index (χ1v) is 7.21. The van der Waals surface area contributed by atoms with Crippen molar-refractivity contribution in [3.8, 4) is 5.75 Å². The van der Waals surface area contributed by atoms with Gasteiger partial charge in [0, 0.05) is 5.41 Å². The van der Waals surface area contributed by atoms with E-state index in [1.54, 1.807) is 6.26 Å². The summed E-state index contributed by atoms with van der Waals surface area (Å²) in [5.74, 6) is 0.696. The molecule has 0 unspecified atom stereocenters. The van der Waals surface area contributed by atoms with Crippen LogP contribution in [0.2, 0.25) is 0 Å². The van der Waals surface area contributed by atoms with Gasteiger partial charge in [-0.2, -0.15) is 0 Å². The van der Waals surface area contributed by atoms with Crippen LogP contribution in [0.3, 0.4) is 0 Å². The third-order valence-corrected chi connectivity index (χ3v) is 4.58. The molecule has 0 saturated heterocycles. The molecular formula is C17H16O3. The van der Waals surface area contributed by atoms with Crippen molar-refractivity contribution in [2.24, 2.45) is 0 Å². The monoisotopic (exact) mass is 268 g/mol. The first-order valence-electron chi connectivity index (χ1n) is 7.21. The molecule has 3 nitrogen and oxygen atoms in total. The van der Waals surface area contributed by atoms with Crippen molar-refractivity contribution in [3.63, 3.8) is 0 Å². The van der Waals surface area contributed by atoms with Crippen LogP contribution in [0, 0.1) is 0 Å². The fourth-order valence-corrected chi connectivity index (χ4v) is 3.59. The summed E-state index contributed by atoms with van der Waals surface area (Å²) >= 11 is 0. The number of para-hydroxylation sites is 1. The van der Waals surface area contributed by atoms with Crippen LogP contribution in [0.25, 0.3) is 11.0 Å². The highest BCUT2D eigenvalue weighted by molar-refractivity contribution is 5.85. The van der Waals surface area contributed by atoms with Gasteiger partial charge in [0.1, 0.15) is 11.3 Å². The Bertz CT molecular complexity index is 748. The standard InChI is InChI=1S/C17H16O3/c18-16-14-15(12-6-2-3-7-13(12)20-16)19-11-10-17(14)8-4-1-5-9-17/h2-3,6-7,10-11H,1,4-5,8-9H2. The zero-order chi connectivity index (χ0) is 13.6. The molecule has 2 heterocycles. The van der Waals surface area contributed by atoms with E-state index in [9.17, 15) is 4.79 Å². The molecule has 1 aliphatic carbocycles. The van der Waals surface area contributed by atoms with E-state index in [1.807, 2.05) is 24.3 Å². The normalized spacial score (nSPS) is 19.8. The van der Waals surface area contributed by atoms with Gasteiger partial charge in [0.25, 0.3) is 0 Å². The van der Waals surface area contributed by atoms with E-state index in [2.05, 4.69) is 6.08 Å². The van der Waals surface area contributed by atoms with Crippen LogP contribution in [0.5, 0.6) is 5.75 Å². The molecule has 0 N–H and O–H groups in total. The largest absolute Gasteiger partial charge is 0.464 e. The van der Waals surface area contributed by atoms with Gasteiger partial charge in [-0.15, -0.1) is 0 Å². The van der Waals surface area contributed by atoms with Gasteiger partial charge in [0.05, 0.1) is 17.2 Å². The zero-order valence-electron chi connectivity index (χ0n) is 11.2. The summed E-state index contributed by atoms with van der Waals surface area (Å²) in [4.78, 5) is 12.5. The Labute approximate surface area is 116 Å². The maximum absolute atomic E-state index is 12.5. The number of fused-ring (bicyclic) bond motifs is 4. The molecular weight excluding hydrogens is 252 g/mol. The molecule has 1 aliphatic heterocycles. The summed E-state index contributed by atoms with van der Waals surface area (Å²) in [5, 5.41) is 0.886. The Morgan fingerprint density at radius 2 is 1.85 bits per heavy atom. The molecule has 102 valence electrons. The van der Waals surface area contributed by atoms with Crippen molar-refractivity contribution >= 4 is 11.0 Å². The van der Waals surface area contributed by atoms with E-state index in [0.717, 1.165) is 36.6 Å². The highest BCUT2D eigenvalue weighted by atomic mass is 16.5. The molecule has 1 aromatic heterocycles. The number of hydrogen-bond donors (Lipinski definition) is 0. The summed E-state index contributed by atoms with van der Waals surface area (Å²) < 4.78 is 11.2. The lowest BCUT2D eigenvalue weighted by atomic mass is 9.69. The van der Waals surface area contributed by atoms with Gasteiger partial charge in [-0.05, 0) is 31.1 Å². The number of ether oxygens (including phenoxy) is 1. The molecule has 1 saturated carbocycles. The molecule has 0 atom stereocenters. The quantitative estimate of drug-likeness (QED) is 0.680. The zero-order valence-corrected chi connectivity index (χ0v) is 11.2. The van der Waals surface area contributed by atoms with E-state index in [-0.39, 0.29) is 11.0 Å². The van der Waals surface area contributed by atoms with Gasteiger partial charge in [0.15, 0.2) is 0 Å². The minimum atomic E-state index is -0.245. The third kappa shape index (κ3) is 1.56. The number of hydrogen-bond acceptors (Lipinski definition) is 3. The lowest BCUT2D eigenvalue weighted by Gasteiger charge is -2.36. The second-order valence-corrected chi connectivity index (χ2v) is 5.73. The number of allylic oxidation sites excluding steroid dienone is 1. The molecule has 3 heteroatoms. The number of rotatable bonds is 0. The van der Waals surface area contributed by atoms with E-state index in [0.29, 0.717) is 11.3 Å². The Morgan fingerprint density at radius 1 is 1.05 bits per heavy atom. The smallest absolute Gasteiger partial charge is 0.344 e. The fraction of sp³-hybridized carbons (Fsp3) is 0.353. The van der Waals surface area contributed by atoms with Crippen LogP contribution in [0.15, 0.2) is 45.8 Å². The van der Waals surface area contributed by atoms with Crippen LogP contribution in [0.1, 0.15) is 37.7 Å². The predicted octanol–water partition coefficient (Wildman–Crippen LogP) is 3.90. The van der Waals surface area contributed by atoms with Crippen molar-refractivity contribution in [2.75, 3.05) is 0 Å². The van der Waals surface area contributed by atoms with E-state index < -0.39 is 0 Å². The molecule has 4 rings (SSSR count). The van der Waals surface area contributed by atoms with Crippen LogP contribution < -0.4 is 10.4 Å². The molecule has 2 aromatic rings. The molecule has 1 fully saturated rings. The molecule has 0 amide bonds. The summed E-state index contributed by atoms with van der Waals surface area (Å²) in [6, 6.07) is 7.57. The molecule has 2 aliphatic rings. The molecule has 0 bridgehead atoms. The minimum Gasteiger partial charge on any atom is -0.464 e. The summed E-state index contributed by atoms with van der Waals surface area (Å²) in [6.07, 6.45) is 9.35. The van der Waals surface area contributed by atoms with E-state index in [4.69, 9.17) is 9.15 Å². The molecule has 20 heavy (non-hydrogen) atoms. The first-order chi connectivity index (χ1) is 9.80. The van der Waals surface area contributed by atoms with Crippen LogP contribution >= 0.6 is 0 Å². The van der Waals surface area contributed by atoms with E-state index in [1.165, 1.54) is 6.42 Å².